The van der Waals surface area contributed by atoms with Crippen LogP contribution in [0.15, 0.2) is 20.4 Å². The van der Waals surface area contributed by atoms with Gasteiger partial charge in [-0.2, -0.15) is 4.98 Å². The van der Waals surface area contributed by atoms with Crippen LogP contribution in [-0.4, -0.2) is 10.1 Å². The van der Waals surface area contributed by atoms with Gasteiger partial charge in [0.1, 0.15) is 0 Å². The molecule has 2 aromatic heterocycles. The molecular weight excluding hydrogens is 278 g/mol. The third-order valence-electron chi connectivity index (χ3n) is 1.83. The van der Waals surface area contributed by atoms with E-state index in [1.807, 2.05) is 6.07 Å². The predicted octanol–water partition coefficient (Wildman–Crippen LogP) is 2.49. The summed E-state index contributed by atoms with van der Waals surface area (Å²) in [4.78, 5) is 5.38. The Kier molecular flexibility index (Phi) is 3.50. The fourth-order valence-corrected chi connectivity index (χ4v) is 2.61. The highest BCUT2D eigenvalue weighted by atomic mass is 79.9. The summed E-state index contributed by atoms with van der Waals surface area (Å²) >= 11 is 5.19. The molecule has 0 atom stereocenters. The molecule has 2 heterocycles. The highest BCUT2D eigenvalue weighted by molar-refractivity contribution is 9.10. The maximum absolute atomic E-state index is 4.87. The lowest BCUT2D eigenvalue weighted by atomic mass is 10.4. The Morgan fingerprint density at radius 3 is 3.00 bits per heavy atom. The van der Waals surface area contributed by atoms with Gasteiger partial charge < -0.3 is 9.84 Å². The van der Waals surface area contributed by atoms with Crippen molar-refractivity contribution in [3.05, 3.63) is 32.5 Å². The molecule has 1 N–H and O–H groups in total. The molecule has 0 amide bonds. The van der Waals surface area contributed by atoms with Crippen LogP contribution in [0.3, 0.4) is 0 Å². The van der Waals surface area contributed by atoms with Crippen molar-refractivity contribution in [1.82, 2.24) is 15.5 Å². The van der Waals surface area contributed by atoms with Crippen LogP contribution in [0.5, 0.6) is 0 Å². The normalized spacial score (nSPS) is 10.8. The van der Waals surface area contributed by atoms with Gasteiger partial charge in [0, 0.05) is 22.8 Å². The third-order valence-corrected chi connectivity index (χ3v) is 3.76. The second kappa shape index (κ2) is 4.87. The third kappa shape index (κ3) is 2.87. The highest BCUT2D eigenvalue weighted by Gasteiger charge is 2.03. The molecule has 2 rings (SSSR count). The van der Waals surface area contributed by atoms with E-state index >= 15 is 0 Å². The lowest BCUT2D eigenvalue weighted by Gasteiger charge is -1.99. The number of hydrogen-bond acceptors (Lipinski definition) is 5. The average Bonchev–Trinajstić information content (AvgIpc) is 2.77. The van der Waals surface area contributed by atoms with Crippen molar-refractivity contribution in [2.75, 3.05) is 0 Å². The van der Waals surface area contributed by atoms with E-state index in [0.717, 1.165) is 11.0 Å². The Balaban J connectivity index is 1.83. The van der Waals surface area contributed by atoms with Crippen molar-refractivity contribution in [2.45, 2.75) is 20.0 Å². The minimum Gasteiger partial charge on any atom is -0.340 e. The molecule has 4 nitrogen and oxygen atoms in total. The summed E-state index contributed by atoms with van der Waals surface area (Å²) < 4.78 is 6.01. The summed E-state index contributed by atoms with van der Waals surface area (Å²) in [5.74, 6) is 1.30. The van der Waals surface area contributed by atoms with E-state index < -0.39 is 0 Å². The Bertz CT molecular complexity index is 440. The first kappa shape index (κ1) is 10.8. The van der Waals surface area contributed by atoms with Crippen molar-refractivity contribution in [3.63, 3.8) is 0 Å². The van der Waals surface area contributed by atoms with Gasteiger partial charge in [-0.1, -0.05) is 5.16 Å². The van der Waals surface area contributed by atoms with Gasteiger partial charge in [-0.15, -0.1) is 11.3 Å². The summed E-state index contributed by atoms with van der Waals surface area (Å²) in [5.41, 5.74) is 0. The number of aromatic nitrogens is 2. The molecule has 6 heteroatoms. The average molecular weight is 288 g/mol. The smallest absolute Gasteiger partial charge is 0.223 e. The van der Waals surface area contributed by atoms with Crippen molar-refractivity contribution >= 4 is 27.3 Å². The molecule has 0 bridgehead atoms. The van der Waals surface area contributed by atoms with Crippen LogP contribution in [0.4, 0.5) is 0 Å². The molecule has 0 aromatic carbocycles. The quantitative estimate of drug-likeness (QED) is 0.939. The zero-order valence-corrected chi connectivity index (χ0v) is 10.6. The van der Waals surface area contributed by atoms with Crippen molar-refractivity contribution < 1.29 is 4.52 Å². The molecule has 80 valence electrons. The van der Waals surface area contributed by atoms with Gasteiger partial charge in [0.25, 0.3) is 0 Å². The SMILES string of the molecule is Cc1nc(CNCc2sccc2Br)no1. The first-order chi connectivity index (χ1) is 7.25. The number of nitrogens with one attached hydrogen (secondary N) is 1. The molecule has 0 aliphatic carbocycles. The molecule has 0 spiro atoms. The van der Waals surface area contributed by atoms with E-state index in [4.69, 9.17) is 4.52 Å². The van der Waals surface area contributed by atoms with Crippen LogP contribution in [0.1, 0.15) is 16.6 Å². The molecule has 0 aliphatic rings. The molecule has 15 heavy (non-hydrogen) atoms. The summed E-state index contributed by atoms with van der Waals surface area (Å²) in [6.45, 7) is 3.22. The second-order valence-corrected chi connectivity index (χ2v) is 4.88. The Labute approximate surface area is 99.8 Å². The van der Waals surface area contributed by atoms with E-state index in [9.17, 15) is 0 Å². The first-order valence-corrected chi connectivity index (χ1v) is 6.15. The number of rotatable bonds is 4. The minimum atomic E-state index is 0.601. The van der Waals surface area contributed by atoms with Gasteiger partial charge in [0.15, 0.2) is 5.82 Å². The van der Waals surface area contributed by atoms with E-state index in [-0.39, 0.29) is 0 Å². The topological polar surface area (TPSA) is 51.0 Å². The summed E-state index contributed by atoms with van der Waals surface area (Å²) in [6, 6.07) is 2.04. The standard InChI is InChI=1S/C9H10BrN3OS/c1-6-12-9(13-14-6)5-11-4-8-7(10)2-3-15-8/h2-3,11H,4-5H2,1H3. The lowest BCUT2D eigenvalue weighted by Crippen LogP contribution is -2.13. The monoisotopic (exact) mass is 287 g/mol. The Morgan fingerprint density at radius 1 is 1.53 bits per heavy atom. The van der Waals surface area contributed by atoms with Gasteiger partial charge in [-0.05, 0) is 27.4 Å². The molecule has 0 saturated heterocycles. The Hall–Kier alpha value is -0.720. The van der Waals surface area contributed by atoms with Gasteiger partial charge in [-0.3, -0.25) is 0 Å². The molecule has 0 aliphatic heterocycles. The van der Waals surface area contributed by atoms with Crippen molar-refractivity contribution in [1.29, 1.82) is 0 Å². The number of hydrogen-bond donors (Lipinski definition) is 1. The van der Waals surface area contributed by atoms with Crippen molar-refractivity contribution in [2.24, 2.45) is 0 Å². The van der Waals surface area contributed by atoms with Crippen molar-refractivity contribution in [3.8, 4) is 0 Å². The van der Waals surface area contributed by atoms with Crippen LogP contribution >= 0.6 is 27.3 Å². The van der Waals surface area contributed by atoms with Gasteiger partial charge in [0.05, 0.1) is 6.54 Å². The fourth-order valence-electron chi connectivity index (χ4n) is 1.15. The maximum atomic E-state index is 4.87. The fraction of sp³-hybridized carbons (Fsp3) is 0.333. The van der Waals surface area contributed by atoms with Gasteiger partial charge in [-0.25, -0.2) is 0 Å². The molecule has 0 fully saturated rings. The number of halogens is 1. The highest BCUT2D eigenvalue weighted by Crippen LogP contribution is 2.22. The number of nitrogens with zero attached hydrogens (tertiary/aromatic N) is 2. The second-order valence-electron chi connectivity index (χ2n) is 3.02. The summed E-state index contributed by atoms with van der Waals surface area (Å²) in [5, 5.41) is 9.11. The minimum absolute atomic E-state index is 0.601. The van der Waals surface area contributed by atoms with Crippen LogP contribution in [0.25, 0.3) is 0 Å². The molecule has 2 aromatic rings. The molecule has 0 radical (unpaired) electrons. The van der Waals surface area contributed by atoms with Gasteiger partial charge in [0.2, 0.25) is 5.89 Å². The lowest BCUT2D eigenvalue weighted by molar-refractivity contribution is 0.385. The predicted molar refractivity (Wildman–Crippen MR) is 61.6 cm³/mol. The molecular formula is C9H10BrN3OS. The molecule has 0 saturated carbocycles. The maximum Gasteiger partial charge on any atom is 0.223 e. The Morgan fingerprint density at radius 2 is 2.40 bits per heavy atom. The largest absolute Gasteiger partial charge is 0.340 e. The van der Waals surface area contributed by atoms with E-state index in [0.29, 0.717) is 18.3 Å². The van der Waals surface area contributed by atoms with Crippen LogP contribution in [-0.2, 0) is 13.1 Å². The first-order valence-electron chi connectivity index (χ1n) is 4.47. The van der Waals surface area contributed by atoms with Gasteiger partial charge >= 0.3 is 0 Å². The van der Waals surface area contributed by atoms with Crippen LogP contribution in [0, 0.1) is 6.92 Å². The zero-order chi connectivity index (χ0) is 10.7. The van der Waals surface area contributed by atoms with E-state index in [1.54, 1.807) is 18.3 Å². The number of aryl methyl sites for hydroxylation is 1. The van der Waals surface area contributed by atoms with Crippen LogP contribution in [0.2, 0.25) is 0 Å². The van der Waals surface area contributed by atoms with E-state index in [1.165, 1.54) is 4.88 Å². The summed E-state index contributed by atoms with van der Waals surface area (Å²) in [7, 11) is 0. The molecule has 0 unspecified atom stereocenters. The zero-order valence-electron chi connectivity index (χ0n) is 8.16. The van der Waals surface area contributed by atoms with E-state index in [2.05, 4.69) is 36.8 Å². The van der Waals surface area contributed by atoms with Crippen LogP contribution < -0.4 is 5.32 Å². The number of thiophene rings is 1. The summed E-state index contributed by atoms with van der Waals surface area (Å²) in [6.07, 6.45) is 0.